The maximum Gasteiger partial charge on any atom is 0.224 e. The fourth-order valence-corrected chi connectivity index (χ4v) is 2.50. The lowest BCUT2D eigenvalue weighted by molar-refractivity contribution is -0.125. The zero-order valence-electron chi connectivity index (χ0n) is 13.3. The Morgan fingerprint density at radius 2 is 1.59 bits per heavy atom. The third kappa shape index (κ3) is 4.71. The normalized spacial score (nSPS) is 13.4. The summed E-state index contributed by atoms with van der Waals surface area (Å²) in [5, 5.41) is 6.24. The summed E-state index contributed by atoms with van der Waals surface area (Å²) in [6, 6.07) is 20.4. The van der Waals surface area contributed by atoms with E-state index in [1.807, 2.05) is 50.4 Å². The van der Waals surface area contributed by atoms with Gasteiger partial charge in [0.25, 0.3) is 0 Å². The molecule has 0 fully saturated rings. The third-order valence-electron chi connectivity index (χ3n) is 3.76. The molecule has 0 aromatic heterocycles. The van der Waals surface area contributed by atoms with Gasteiger partial charge in [0, 0.05) is 12.5 Å². The molecular formula is C19H24N2O. The van der Waals surface area contributed by atoms with Gasteiger partial charge in [-0.3, -0.25) is 4.79 Å². The summed E-state index contributed by atoms with van der Waals surface area (Å²) in [7, 11) is 1.86. The predicted octanol–water partition coefficient (Wildman–Crippen LogP) is 2.94. The average Bonchev–Trinajstić information content (AvgIpc) is 2.56. The highest BCUT2D eigenvalue weighted by atomic mass is 16.1. The molecule has 2 rings (SSSR count). The largest absolute Gasteiger partial charge is 0.349 e. The molecular weight excluding hydrogens is 272 g/mol. The Morgan fingerprint density at radius 1 is 1.00 bits per heavy atom. The van der Waals surface area contributed by atoms with Crippen molar-refractivity contribution in [3.8, 4) is 0 Å². The van der Waals surface area contributed by atoms with E-state index in [1.165, 1.54) is 5.56 Å². The second-order valence-electron chi connectivity index (χ2n) is 5.62. The number of carbonyl (C=O) groups is 1. The van der Waals surface area contributed by atoms with E-state index in [2.05, 4.69) is 34.9 Å². The molecule has 0 aliphatic heterocycles. The van der Waals surface area contributed by atoms with Crippen molar-refractivity contribution in [2.24, 2.45) is 5.92 Å². The molecule has 0 bridgehead atoms. The van der Waals surface area contributed by atoms with Gasteiger partial charge in [0.2, 0.25) is 5.91 Å². The minimum atomic E-state index is -0.0491. The van der Waals surface area contributed by atoms with Gasteiger partial charge < -0.3 is 10.6 Å². The quantitative estimate of drug-likeness (QED) is 0.825. The van der Waals surface area contributed by atoms with Gasteiger partial charge in [-0.05, 0) is 24.6 Å². The van der Waals surface area contributed by atoms with Crippen molar-refractivity contribution in [2.75, 3.05) is 13.6 Å². The molecule has 0 radical (unpaired) electrons. The van der Waals surface area contributed by atoms with Gasteiger partial charge in [-0.1, -0.05) is 67.6 Å². The van der Waals surface area contributed by atoms with Crippen molar-refractivity contribution >= 4 is 5.91 Å². The van der Waals surface area contributed by atoms with E-state index in [9.17, 15) is 4.79 Å². The smallest absolute Gasteiger partial charge is 0.224 e. The summed E-state index contributed by atoms with van der Waals surface area (Å²) < 4.78 is 0. The first-order chi connectivity index (χ1) is 10.7. The summed E-state index contributed by atoms with van der Waals surface area (Å²) in [5.41, 5.74) is 2.36. The molecule has 2 aromatic rings. The number of nitrogens with one attached hydrogen (secondary N) is 2. The minimum Gasteiger partial charge on any atom is -0.349 e. The molecule has 22 heavy (non-hydrogen) atoms. The number of amides is 1. The third-order valence-corrected chi connectivity index (χ3v) is 3.76. The van der Waals surface area contributed by atoms with Crippen LogP contribution in [0.5, 0.6) is 0 Å². The van der Waals surface area contributed by atoms with Gasteiger partial charge in [-0.25, -0.2) is 0 Å². The Morgan fingerprint density at radius 3 is 2.18 bits per heavy atom. The van der Waals surface area contributed by atoms with E-state index >= 15 is 0 Å². The standard InChI is InChI=1S/C19H24N2O/c1-15(14-20-2)19(22)21-18(17-11-7-4-8-12-17)13-16-9-5-3-6-10-16/h3-12,15,18,20H,13-14H2,1-2H3,(H,21,22). The van der Waals surface area contributed by atoms with Crippen LogP contribution in [0, 0.1) is 5.92 Å². The molecule has 3 heteroatoms. The Hall–Kier alpha value is -2.13. The SMILES string of the molecule is CNCC(C)C(=O)NC(Cc1ccccc1)c1ccccc1. The van der Waals surface area contributed by atoms with Crippen molar-refractivity contribution in [3.05, 3.63) is 71.8 Å². The highest BCUT2D eigenvalue weighted by Crippen LogP contribution is 2.19. The number of hydrogen-bond acceptors (Lipinski definition) is 2. The van der Waals surface area contributed by atoms with Crippen LogP contribution in [0.4, 0.5) is 0 Å². The highest BCUT2D eigenvalue weighted by Gasteiger charge is 2.18. The molecule has 2 N–H and O–H groups in total. The molecule has 0 saturated carbocycles. The van der Waals surface area contributed by atoms with Crippen LogP contribution in [0.15, 0.2) is 60.7 Å². The predicted molar refractivity (Wildman–Crippen MR) is 90.6 cm³/mol. The van der Waals surface area contributed by atoms with Crippen LogP contribution in [0.1, 0.15) is 24.1 Å². The van der Waals surface area contributed by atoms with Crippen molar-refractivity contribution < 1.29 is 4.79 Å². The zero-order valence-corrected chi connectivity index (χ0v) is 13.3. The molecule has 1 amide bonds. The van der Waals surface area contributed by atoms with E-state index < -0.39 is 0 Å². The fraction of sp³-hybridized carbons (Fsp3) is 0.316. The molecule has 2 atom stereocenters. The number of hydrogen-bond donors (Lipinski definition) is 2. The van der Waals surface area contributed by atoms with E-state index in [4.69, 9.17) is 0 Å². The van der Waals surface area contributed by atoms with Crippen LogP contribution in [-0.2, 0) is 11.2 Å². The molecule has 3 nitrogen and oxygen atoms in total. The topological polar surface area (TPSA) is 41.1 Å². The van der Waals surface area contributed by atoms with Gasteiger partial charge in [0.15, 0.2) is 0 Å². The molecule has 2 aromatic carbocycles. The average molecular weight is 296 g/mol. The van der Waals surface area contributed by atoms with Crippen LogP contribution in [0.3, 0.4) is 0 Å². The lowest BCUT2D eigenvalue weighted by atomic mass is 9.98. The molecule has 0 spiro atoms. The second kappa shape index (κ2) is 8.35. The lowest BCUT2D eigenvalue weighted by Crippen LogP contribution is -2.37. The fourth-order valence-electron chi connectivity index (χ4n) is 2.50. The van der Waals surface area contributed by atoms with Crippen molar-refractivity contribution in [2.45, 2.75) is 19.4 Å². The molecule has 0 heterocycles. The van der Waals surface area contributed by atoms with E-state index in [0.29, 0.717) is 6.54 Å². The summed E-state index contributed by atoms with van der Waals surface area (Å²) >= 11 is 0. The highest BCUT2D eigenvalue weighted by molar-refractivity contribution is 5.79. The molecule has 0 aliphatic rings. The van der Waals surface area contributed by atoms with E-state index in [0.717, 1.165) is 12.0 Å². The van der Waals surface area contributed by atoms with Crippen LogP contribution in [-0.4, -0.2) is 19.5 Å². The maximum atomic E-state index is 12.4. The number of carbonyl (C=O) groups excluding carboxylic acids is 1. The van der Waals surface area contributed by atoms with Crippen LogP contribution in [0.2, 0.25) is 0 Å². The Balaban J connectivity index is 2.13. The summed E-state index contributed by atoms with van der Waals surface area (Å²) in [6.07, 6.45) is 0.795. The van der Waals surface area contributed by atoms with E-state index in [1.54, 1.807) is 0 Å². The Kier molecular flexibility index (Phi) is 6.16. The number of benzene rings is 2. The van der Waals surface area contributed by atoms with Gasteiger partial charge in [0.1, 0.15) is 0 Å². The monoisotopic (exact) mass is 296 g/mol. The van der Waals surface area contributed by atoms with Crippen LogP contribution >= 0.6 is 0 Å². The van der Waals surface area contributed by atoms with Gasteiger partial charge in [0.05, 0.1) is 6.04 Å². The Labute approximate surface area is 132 Å². The van der Waals surface area contributed by atoms with Gasteiger partial charge in [-0.15, -0.1) is 0 Å². The first-order valence-corrected chi connectivity index (χ1v) is 7.74. The van der Waals surface area contributed by atoms with Crippen LogP contribution in [0.25, 0.3) is 0 Å². The number of rotatable bonds is 7. The van der Waals surface area contributed by atoms with E-state index in [-0.39, 0.29) is 17.9 Å². The summed E-state index contributed by atoms with van der Waals surface area (Å²) in [6.45, 7) is 2.62. The molecule has 0 saturated heterocycles. The lowest BCUT2D eigenvalue weighted by Gasteiger charge is -2.22. The first-order valence-electron chi connectivity index (χ1n) is 7.74. The molecule has 2 unspecified atom stereocenters. The summed E-state index contributed by atoms with van der Waals surface area (Å²) in [5.74, 6) is 0.0334. The van der Waals surface area contributed by atoms with Crippen LogP contribution < -0.4 is 10.6 Å². The van der Waals surface area contributed by atoms with Gasteiger partial charge >= 0.3 is 0 Å². The van der Waals surface area contributed by atoms with Crippen molar-refractivity contribution in [3.63, 3.8) is 0 Å². The Bertz CT molecular complexity index is 569. The molecule has 116 valence electrons. The maximum absolute atomic E-state index is 12.4. The zero-order chi connectivity index (χ0) is 15.8. The summed E-state index contributed by atoms with van der Waals surface area (Å²) in [4.78, 5) is 12.4. The van der Waals surface area contributed by atoms with Gasteiger partial charge in [-0.2, -0.15) is 0 Å². The van der Waals surface area contributed by atoms with Crippen molar-refractivity contribution in [1.82, 2.24) is 10.6 Å². The first kappa shape index (κ1) is 16.2. The minimum absolute atomic E-state index is 0.00425. The van der Waals surface area contributed by atoms with Crippen molar-refractivity contribution in [1.29, 1.82) is 0 Å². The molecule has 0 aliphatic carbocycles. The second-order valence-corrected chi connectivity index (χ2v) is 5.62.